The highest BCUT2D eigenvalue weighted by Crippen LogP contribution is 2.20. The molecule has 15 heavy (non-hydrogen) atoms. The van der Waals surface area contributed by atoms with Crippen molar-refractivity contribution in [2.24, 2.45) is 5.73 Å². The van der Waals surface area contributed by atoms with Crippen LogP contribution in [0.4, 0.5) is 0 Å². The van der Waals surface area contributed by atoms with Crippen molar-refractivity contribution in [3.8, 4) is 0 Å². The van der Waals surface area contributed by atoms with Crippen molar-refractivity contribution in [1.82, 2.24) is 0 Å². The number of benzene rings is 1. The lowest BCUT2D eigenvalue weighted by Crippen LogP contribution is -2.12. The highest BCUT2D eigenvalue weighted by Gasteiger charge is 2.09. The Bertz CT molecular complexity index is 298. The molecule has 1 unspecified atom stereocenters. The van der Waals surface area contributed by atoms with Crippen molar-refractivity contribution in [2.75, 3.05) is 6.54 Å². The first-order valence-corrected chi connectivity index (χ1v) is 5.21. The summed E-state index contributed by atoms with van der Waals surface area (Å²) in [6.07, 6.45) is 1.75. The first kappa shape index (κ1) is 11.7. The lowest BCUT2D eigenvalue weighted by Gasteiger charge is -2.14. The Morgan fingerprint density at radius 3 is 2.53 bits per heavy atom. The maximum atomic E-state index is 10.4. The maximum absolute atomic E-state index is 10.4. The second-order valence-electron chi connectivity index (χ2n) is 3.63. The molecule has 0 saturated heterocycles. The van der Waals surface area contributed by atoms with Crippen molar-refractivity contribution in [3.05, 3.63) is 35.9 Å². The van der Waals surface area contributed by atoms with E-state index in [1.54, 1.807) is 0 Å². The third-order valence-electron chi connectivity index (χ3n) is 2.50. The van der Waals surface area contributed by atoms with Crippen LogP contribution in [0.25, 0.3) is 0 Å². The Morgan fingerprint density at radius 1 is 1.33 bits per heavy atom. The average molecular weight is 207 g/mol. The molecule has 82 valence electrons. The van der Waals surface area contributed by atoms with Gasteiger partial charge in [-0.3, -0.25) is 4.79 Å². The molecule has 1 atom stereocenters. The van der Waals surface area contributed by atoms with Crippen molar-refractivity contribution in [3.63, 3.8) is 0 Å². The fourth-order valence-electron chi connectivity index (χ4n) is 1.65. The fraction of sp³-hybridized carbons (Fsp3) is 0.417. The Labute approximate surface area is 89.9 Å². The van der Waals surface area contributed by atoms with Crippen LogP contribution >= 0.6 is 0 Å². The van der Waals surface area contributed by atoms with Gasteiger partial charge in [0.15, 0.2) is 0 Å². The summed E-state index contributed by atoms with van der Waals surface area (Å²) in [6, 6.07) is 10.0. The van der Waals surface area contributed by atoms with Crippen LogP contribution in [0.1, 0.15) is 30.7 Å². The number of carbonyl (C=O) groups is 1. The molecule has 0 aliphatic carbocycles. The van der Waals surface area contributed by atoms with Gasteiger partial charge in [-0.05, 0) is 30.9 Å². The first-order chi connectivity index (χ1) is 7.24. The van der Waals surface area contributed by atoms with Gasteiger partial charge in [-0.25, -0.2) is 0 Å². The molecule has 3 heteroatoms. The van der Waals surface area contributed by atoms with Gasteiger partial charge in [0.2, 0.25) is 0 Å². The Kier molecular flexibility index (Phi) is 4.84. The number of rotatable bonds is 6. The number of nitrogens with two attached hydrogens (primary N) is 1. The fourth-order valence-corrected chi connectivity index (χ4v) is 1.65. The van der Waals surface area contributed by atoms with E-state index in [9.17, 15) is 4.79 Å². The first-order valence-electron chi connectivity index (χ1n) is 5.21. The van der Waals surface area contributed by atoms with E-state index in [0.29, 0.717) is 13.0 Å². The molecule has 0 aromatic heterocycles. The van der Waals surface area contributed by atoms with E-state index in [4.69, 9.17) is 10.8 Å². The molecular formula is C12H17NO2. The second kappa shape index (κ2) is 6.19. The van der Waals surface area contributed by atoms with Crippen molar-refractivity contribution < 1.29 is 9.90 Å². The van der Waals surface area contributed by atoms with Crippen LogP contribution in [0.2, 0.25) is 0 Å². The van der Waals surface area contributed by atoms with E-state index in [1.807, 2.05) is 30.3 Å². The summed E-state index contributed by atoms with van der Waals surface area (Å²) in [5.41, 5.74) is 6.87. The van der Waals surface area contributed by atoms with Crippen LogP contribution in [0.15, 0.2) is 30.3 Å². The highest BCUT2D eigenvalue weighted by atomic mass is 16.4. The molecule has 0 aliphatic heterocycles. The monoisotopic (exact) mass is 207 g/mol. The lowest BCUT2D eigenvalue weighted by molar-refractivity contribution is -0.137. The van der Waals surface area contributed by atoms with E-state index in [1.165, 1.54) is 5.56 Å². The van der Waals surface area contributed by atoms with Crippen molar-refractivity contribution in [1.29, 1.82) is 0 Å². The third kappa shape index (κ3) is 4.13. The van der Waals surface area contributed by atoms with Gasteiger partial charge >= 0.3 is 5.97 Å². The van der Waals surface area contributed by atoms with Crippen molar-refractivity contribution >= 4 is 5.97 Å². The Hall–Kier alpha value is -1.35. The molecule has 0 radical (unpaired) electrons. The third-order valence-corrected chi connectivity index (χ3v) is 2.50. The SMILES string of the molecule is NCC(CCCC(=O)O)c1ccccc1. The minimum atomic E-state index is -0.737. The minimum absolute atomic E-state index is 0.226. The molecule has 0 aliphatic rings. The normalized spacial score (nSPS) is 12.3. The summed E-state index contributed by atoms with van der Waals surface area (Å²) in [4.78, 5) is 10.4. The molecule has 0 amide bonds. The van der Waals surface area contributed by atoms with E-state index in [0.717, 1.165) is 6.42 Å². The molecule has 0 fully saturated rings. The predicted octanol–water partition coefficient (Wildman–Crippen LogP) is 1.98. The predicted molar refractivity (Wildman–Crippen MR) is 59.7 cm³/mol. The van der Waals surface area contributed by atoms with Gasteiger partial charge in [0, 0.05) is 6.42 Å². The average Bonchev–Trinajstić information content (AvgIpc) is 2.25. The van der Waals surface area contributed by atoms with E-state index in [2.05, 4.69) is 0 Å². The number of hydrogen-bond acceptors (Lipinski definition) is 2. The molecule has 3 nitrogen and oxygen atoms in total. The molecule has 0 heterocycles. The topological polar surface area (TPSA) is 63.3 Å². The Balaban J connectivity index is 2.46. The van der Waals surface area contributed by atoms with Gasteiger partial charge in [-0.15, -0.1) is 0 Å². The van der Waals surface area contributed by atoms with Crippen LogP contribution < -0.4 is 5.73 Å². The van der Waals surface area contributed by atoms with Gasteiger partial charge in [-0.2, -0.15) is 0 Å². The molecule has 0 spiro atoms. The second-order valence-corrected chi connectivity index (χ2v) is 3.63. The van der Waals surface area contributed by atoms with Crippen LogP contribution in [0.5, 0.6) is 0 Å². The quantitative estimate of drug-likeness (QED) is 0.749. The van der Waals surface area contributed by atoms with Crippen LogP contribution in [0, 0.1) is 0 Å². The minimum Gasteiger partial charge on any atom is -0.481 e. The molecular weight excluding hydrogens is 190 g/mol. The summed E-state index contributed by atoms with van der Waals surface area (Å²) in [5, 5.41) is 8.54. The number of carboxylic acids is 1. The molecule has 0 bridgehead atoms. The van der Waals surface area contributed by atoms with Crippen molar-refractivity contribution in [2.45, 2.75) is 25.2 Å². The van der Waals surface area contributed by atoms with Crippen LogP contribution in [0.3, 0.4) is 0 Å². The van der Waals surface area contributed by atoms with Gasteiger partial charge in [-0.1, -0.05) is 30.3 Å². The zero-order valence-corrected chi connectivity index (χ0v) is 8.73. The van der Waals surface area contributed by atoms with E-state index >= 15 is 0 Å². The zero-order chi connectivity index (χ0) is 11.1. The molecule has 1 aromatic rings. The standard InChI is InChI=1S/C12H17NO2/c13-9-11(7-4-8-12(14)15)10-5-2-1-3-6-10/h1-3,5-6,11H,4,7-9,13H2,(H,14,15). The summed E-state index contributed by atoms with van der Waals surface area (Å²) in [7, 11) is 0. The number of carboxylic acid groups (broad SMARTS) is 1. The summed E-state index contributed by atoms with van der Waals surface area (Å²) < 4.78 is 0. The number of hydrogen-bond donors (Lipinski definition) is 2. The largest absolute Gasteiger partial charge is 0.481 e. The van der Waals surface area contributed by atoms with Gasteiger partial charge in [0.05, 0.1) is 0 Å². The molecule has 1 rings (SSSR count). The molecule has 0 saturated carbocycles. The summed E-state index contributed by atoms with van der Waals surface area (Å²) >= 11 is 0. The van der Waals surface area contributed by atoms with Crippen LogP contribution in [-0.2, 0) is 4.79 Å². The van der Waals surface area contributed by atoms with Gasteiger partial charge < -0.3 is 10.8 Å². The summed E-state index contributed by atoms with van der Waals surface area (Å²) in [6.45, 7) is 0.573. The highest BCUT2D eigenvalue weighted by molar-refractivity contribution is 5.66. The smallest absolute Gasteiger partial charge is 0.303 e. The number of aliphatic carboxylic acids is 1. The maximum Gasteiger partial charge on any atom is 0.303 e. The Morgan fingerprint density at radius 2 is 2.00 bits per heavy atom. The molecule has 1 aromatic carbocycles. The van der Waals surface area contributed by atoms with E-state index in [-0.39, 0.29) is 12.3 Å². The summed E-state index contributed by atoms with van der Waals surface area (Å²) in [5.74, 6) is -0.454. The van der Waals surface area contributed by atoms with E-state index < -0.39 is 5.97 Å². The zero-order valence-electron chi connectivity index (χ0n) is 8.73. The van der Waals surface area contributed by atoms with Gasteiger partial charge in [0.1, 0.15) is 0 Å². The van der Waals surface area contributed by atoms with Crippen LogP contribution in [-0.4, -0.2) is 17.6 Å². The van der Waals surface area contributed by atoms with Gasteiger partial charge in [0.25, 0.3) is 0 Å². The molecule has 3 N–H and O–H groups in total. The lowest BCUT2D eigenvalue weighted by atomic mass is 9.94.